The molecule has 20 heavy (non-hydrogen) atoms. The minimum Gasteiger partial charge on any atom is -0.481 e. The Hall–Kier alpha value is -1.14. The summed E-state index contributed by atoms with van der Waals surface area (Å²) in [6, 6.07) is 0. The first-order valence-corrected chi connectivity index (χ1v) is 7.15. The second-order valence-electron chi connectivity index (χ2n) is 4.62. The highest BCUT2D eigenvalue weighted by molar-refractivity contribution is 5.70. The van der Waals surface area contributed by atoms with Crippen LogP contribution in [-0.4, -0.2) is 45.6 Å². The van der Waals surface area contributed by atoms with E-state index in [-0.39, 0.29) is 25.6 Å². The van der Waals surface area contributed by atoms with Crippen molar-refractivity contribution in [2.75, 3.05) is 13.2 Å². The summed E-state index contributed by atoms with van der Waals surface area (Å²) in [5.41, 5.74) is 0. The Bertz CT molecular complexity index is 240. The van der Waals surface area contributed by atoms with Gasteiger partial charge in [-0.2, -0.15) is 0 Å². The van der Waals surface area contributed by atoms with Crippen LogP contribution in [0.1, 0.15) is 58.3 Å². The van der Waals surface area contributed by atoms with Crippen molar-refractivity contribution in [2.24, 2.45) is 5.92 Å². The van der Waals surface area contributed by atoms with E-state index < -0.39 is 11.9 Å². The van der Waals surface area contributed by atoms with E-state index in [1.807, 2.05) is 0 Å². The van der Waals surface area contributed by atoms with Crippen molar-refractivity contribution in [3.8, 4) is 0 Å². The quantitative estimate of drug-likeness (QED) is 0.432. The first kappa shape index (κ1) is 21.2. The molecule has 0 aromatic rings. The van der Waals surface area contributed by atoms with E-state index in [9.17, 15) is 9.59 Å². The average Bonchev–Trinajstić information content (AvgIpc) is 2.41. The monoisotopic (exact) mass is 292 g/mol. The Balaban J connectivity index is 0. The van der Waals surface area contributed by atoms with E-state index in [1.165, 1.54) is 0 Å². The lowest BCUT2D eigenvalue weighted by molar-refractivity contribution is -0.143. The molecule has 0 heterocycles. The van der Waals surface area contributed by atoms with Crippen LogP contribution in [0, 0.1) is 5.92 Å². The number of rotatable bonds is 11. The number of carboxylic acids is 2. The Morgan fingerprint density at radius 1 is 0.900 bits per heavy atom. The third kappa shape index (κ3) is 16.9. The van der Waals surface area contributed by atoms with Gasteiger partial charge < -0.3 is 20.4 Å². The lowest BCUT2D eigenvalue weighted by Gasteiger charge is -2.11. The SMILES string of the molecule is CCCCCCC(CCCC(=O)O)C(=O)O.OCCO. The van der Waals surface area contributed by atoms with Gasteiger partial charge in [-0.1, -0.05) is 32.6 Å². The molecule has 0 aromatic carbocycles. The van der Waals surface area contributed by atoms with Crippen molar-refractivity contribution in [1.29, 1.82) is 0 Å². The van der Waals surface area contributed by atoms with Crippen LogP contribution < -0.4 is 0 Å². The maximum atomic E-state index is 10.9. The summed E-state index contributed by atoms with van der Waals surface area (Å²) in [6.45, 7) is 1.86. The van der Waals surface area contributed by atoms with Crippen LogP contribution in [0.4, 0.5) is 0 Å². The van der Waals surface area contributed by atoms with Crippen molar-refractivity contribution >= 4 is 11.9 Å². The van der Waals surface area contributed by atoms with E-state index in [0.29, 0.717) is 19.3 Å². The molecule has 120 valence electrons. The standard InChI is InChI=1S/C12H22O4.C2H6O2/c1-2-3-4-5-7-10(12(15)16)8-6-9-11(13)14;3-1-2-4/h10H,2-9H2,1H3,(H,13,14)(H,15,16);3-4H,1-2H2. The molecule has 4 N–H and O–H groups in total. The Labute approximate surface area is 120 Å². The molecule has 0 aliphatic heterocycles. The Kier molecular flexibility index (Phi) is 16.8. The predicted molar refractivity (Wildman–Crippen MR) is 75.5 cm³/mol. The number of hydrogen-bond acceptors (Lipinski definition) is 4. The Morgan fingerprint density at radius 3 is 1.85 bits per heavy atom. The molecule has 1 unspecified atom stereocenters. The minimum absolute atomic E-state index is 0.0682. The smallest absolute Gasteiger partial charge is 0.306 e. The molecule has 0 rings (SSSR count). The lowest BCUT2D eigenvalue weighted by atomic mass is 9.95. The molecule has 0 aromatic heterocycles. The predicted octanol–water partition coefficient (Wildman–Crippen LogP) is 1.88. The second-order valence-corrected chi connectivity index (χ2v) is 4.62. The zero-order valence-corrected chi connectivity index (χ0v) is 12.3. The average molecular weight is 292 g/mol. The number of carboxylic acid groups (broad SMARTS) is 2. The summed E-state index contributed by atoms with van der Waals surface area (Å²) >= 11 is 0. The summed E-state index contributed by atoms with van der Waals surface area (Å²) in [5.74, 6) is -2.01. The normalized spacial score (nSPS) is 11.3. The summed E-state index contributed by atoms with van der Waals surface area (Å²) in [7, 11) is 0. The minimum atomic E-state index is -0.852. The van der Waals surface area contributed by atoms with Crippen LogP contribution >= 0.6 is 0 Å². The number of hydrogen-bond donors (Lipinski definition) is 4. The van der Waals surface area contributed by atoms with E-state index in [0.717, 1.165) is 25.7 Å². The summed E-state index contributed by atoms with van der Waals surface area (Å²) in [5, 5.41) is 32.7. The molecule has 1 atom stereocenters. The fourth-order valence-corrected chi connectivity index (χ4v) is 1.71. The maximum Gasteiger partial charge on any atom is 0.306 e. The highest BCUT2D eigenvalue weighted by atomic mass is 16.4. The lowest BCUT2D eigenvalue weighted by Crippen LogP contribution is -2.14. The fraction of sp³-hybridized carbons (Fsp3) is 0.857. The number of unbranched alkanes of at least 4 members (excludes halogenated alkanes) is 3. The molecule has 0 radical (unpaired) electrons. The zero-order chi connectivity index (χ0) is 15.8. The first-order chi connectivity index (χ1) is 9.49. The van der Waals surface area contributed by atoms with Gasteiger partial charge in [-0.15, -0.1) is 0 Å². The van der Waals surface area contributed by atoms with Crippen LogP contribution in [-0.2, 0) is 9.59 Å². The molecule has 6 nitrogen and oxygen atoms in total. The van der Waals surface area contributed by atoms with Gasteiger partial charge in [0.25, 0.3) is 0 Å². The van der Waals surface area contributed by atoms with Gasteiger partial charge in [0.1, 0.15) is 0 Å². The maximum absolute atomic E-state index is 10.9. The molecule has 0 fully saturated rings. The molecule has 6 heteroatoms. The van der Waals surface area contributed by atoms with Crippen LogP contribution in [0.25, 0.3) is 0 Å². The van der Waals surface area contributed by atoms with Crippen molar-refractivity contribution in [2.45, 2.75) is 58.3 Å². The van der Waals surface area contributed by atoms with Gasteiger partial charge in [-0.3, -0.25) is 9.59 Å². The van der Waals surface area contributed by atoms with Crippen molar-refractivity contribution in [3.63, 3.8) is 0 Å². The van der Waals surface area contributed by atoms with Crippen LogP contribution in [0.3, 0.4) is 0 Å². The molecule has 0 saturated carbocycles. The largest absolute Gasteiger partial charge is 0.481 e. The number of aliphatic hydroxyl groups is 2. The third-order valence-corrected chi connectivity index (χ3v) is 2.80. The van der Waals surface area contributed by atoms with Gasteiger partial charge in [0, 0.05) is 6.42 Å². The Morgan fingerprint density at radius 2 is 1.45 bits per heavy atom. The second kappa shape index (κ2) is 15.9. The molecular weight excluding hydrogens is 264 g/mol. The van der Waals surface area contributed by atoms with Gasteiger partial charge in [-0.25, -0.2) is 0 Å². The fourth-order valence-electron chi connectivity index (χ4n) is 1.71. The highest BCUT2D eigenvalue weighted by Crippen LogP contribution is 2.17. The van der Waals surface area contributed by atoms with Gasteiger partial charge in [0.05, 0.1) is 19.1 Å². The number of aliphatic carboxylic acids is 2. The zero-order valence-electron chi connectivity index (χ0n) is 12.3. The molecule has 0 spiro atoms. The molecule has 0 aliphatic rings. The highest BCUT2D eigenvalue weighted by Gasteiger charge is 2.16. The molecule has 0 aliphatic carbocycles. The van der Waals surface area contributed by atoms with Crippen LogP contribution in [0.2, 0.25) is 0 Å². The first-order valence-electron chi connectivity index (χ1n) is 7.15. The van der Waals surface area contributed by atoms with Crippen molar-refractivity contribution < 1.29 is 30.0 Å². The molecular formula is C14H28O6. The van der Waals surface area contributed by atoms with Crippen LogP contribution in [0.5, 0.6) is 0 Å². The van der Waals surface area contributed by atoms with E-state index in [1.54, 1.807) is 0 Å². The van der Waals surface area contributed by atoms with Gasteiger partial charge >= 0.3 is 11.9 Å². The molecule has 0 saturated heterocycles. The van der Waals surface area contributed by atoms with Gasteiger partial charge in [0.15, 0.2) is 0 Å². The van der Waals surface area contributed by atoms with E-state index >= 15 is 0 Å². The number of carbonyl (C=O) groups is 2. The molecule has 0 bridgehead atoms. The summed E-state index contributed by atoms with van der Waals surface area (Å²) in [4.78, 5) is 21.2. The third-order valence-electron chi connectivity index (χ3n) is 2.80. The molecule has 0 amide bonds. The van der Waals surface area contributed by atoms with Crippen molar-refractivity contribution in [1.82, 2.24) is 0 Å². The van der Waals surface area contributed by atoms with Gasteiger partial charge in [0.2, 0.25) is 0 Å². The topological polar surface area (TPSA) is 115 Å². The van der Waals surface area contributed by atoms with Crippen molar-refractivity contribution in [3.05, 3.63) is 0 Å². The van der Waals surface area contributed by atoms with Crippen LogP contribution in [0.15, 0.2) is 0 Å². The summed E-state index contributed by atoms with van der Waals surface area (Å²) in [6.07, 6.45) is 5.96. The number of aliphatic hydroxyl groups excluding tert-OH is 2. The van der Waals surface area contributed by atoms with Gasteiger partial charge in [-0.05, 0) is 19.3 Å². The van der Waals surface area contributed by atoms with E-state index in [4.69, 9.17) is 20.4 Å². The summed E-state index contributed by atoms with van der Waals surface area (Å²) < 4.78 is 0. The van der Waals surface area contributed by atoms with E-state index in [2.05, 4.69) is 6.92 Å².